The molecule has 12 heavy (non-hydrogen) atoms. The van der Waals surface area contributed by atoms with Crippen molar-refractivity contribution in [1.82, 2.24) is 0 Å². The highest BCUT2D eigenvalue weighted by molar-refractivity contribution is 7.97. The van der Waals surface area contributed by atoms with Gasteiger partial charge in [0.15, 0.2) is 0 Å². The second kappa shape index (κ2) is 4.12. The molecule has 1 aromatic carbocycles. The van der Waals surface area contributed by atoms with Gasteiger partial charge in [-0.05, 0) is 5.56 Å². The summed E-state index contributed by atoms with van der Waals surface area (Å²) in [4.78, 5) is 10.7. The van der Waals surface area contributed by atoms with E-state index in [4.69, 9.17) is 0 Å². The molecule has 0 bridgehead atoms. The third kappa shape index (κ3) is 2.55. The van der Waals surface area contributed by atoms with Crippen LogP contribution in [-0.2, 0) is 11.2 Å². The minimum Gasteiger partial charge on any atom is -0.282 e. The van der Waals surface area contributed by atoms with Crippen molar-refractivity contribution in [2.24, 2.45) is 0 Å². The average Bonchev–Trinajstić information content (AvgIpc) is 2.06. The number of rotatable bonds is 3. The summed E-state index contributed by atoms with van der Waals surface area (Å²) in [5.41, 5.74) is 1.62. The Bertz CT molecular complexity index is 290. The minimum absolute atomic E-state index is 0.237. The molecule has 1 rings (SSSR count). The standard InChI is InChI=1S/C10H10OS/c1-8(10(11)12)7-9-5-3-2-4-6-9/h2-6H,1,7H2,(H,11,12). The Hall–Kier alpha value is -1.02. The van der Waals surface area contributed by atoms with Gasteiger partial charge in [0, 0.05) is 12.0 Å². The Kier molecular flexibility index (Phi) is 3.11. The molecule has 0 heterocycles. The summed E-state index contributed by atoms with van der Waals surface area (Å²) >= 11 is 3.68. The van der Waals surface area contributed by atoms with Crippen molar-refractivity contribution in [3.05, 3.63) is 48.0 Å². The molecule has 0 aliphatic carbocycles. The fraction of sp³-hybridized carbons (Fsp3) is 0.100. The van der Waals surface area contributed by atoms with Gasteiger partial charge in [0.2, 0.25) is 5.12 Å². The first-order valence-corrected chi connectivity index (χ1v) is 4.10. The largest absolute Gasteiger partial charge is 0.282 e. The summed E-state index contributed by atoms with van der Waals surface area (Å²) in [6.45, 7) is 3.62. The summed E-state index contributed by atoms with van der Waals surface area (Å²) in [6, 6.07) is 9.73. The molecule has 0 spiro atoms. The highest BCUT2D eigenvalue weighted by Gasteiger charge is 2.01. The van der Waals surface area contributed by atoms with Crippen LogP contribution in [0.1, 0.15) is 5.56 Å². The lowest BCUT2D eigenvalue weighted by Crippen LogP contribution is -1.95. The second-order valence-corrected chi connectivity index (χ2v) is 2.98. The van der Waals surface area contributed by atoms with Crippen LogP contribution < -0.4 is 0 Å². The maximum Gasteiger partial charge on any atom is 0.212 e. The summed E-state index contributed by atoms with van der Waals surface area (Å²) in [7, 11) is 0. The van der Waals surface area contributed by atoms with Crippen molar-refractivity contribution < 1.29 is 4.79 Å². The van der Waals surface area contributed by atoms with Gasteiger partial charge in [0.1, 0.15) is 0 Å². The smallest absolute Gasteiger partial charge is 0.212 e. The molecule has 1 nitrogen and oxygen atoms in total. The number of benzene rings is 1. The van der Waals surface area contributed by atoms with Crippen LogP contribution in [0.25, 0.3) is 0 Å². The van der Waals surface area contributed by atoms with E-state index in [1.807, 2.05) is 30.3 Å². The van der Waals surface area contributed by atoms with Crippen LogP contribution in [-0.4, -0.2) is 5.12 Å². The molecule has 62 valence electrons. The van der Waals surface area contributed by atoms with Gasteiger partial charge in [-0.2, -0.15) is 0 Å². The Morgan fingerprint density at radius 2 is 1.92 bits per heavy atom. The van der Waals surface area contributed by atoms with E-state index in [0.29, 0.717) is 12.0 Å². The van der Waals surface area contributed by atoms with Gasteiger partial charge in [-0.25, -0.2) is 0 Å². The van der Waals surface area contributed by atoms with Crippen LogP contribution in [0.4, 0.5) is 0 Å². The van der Waals surface area contributed by atoms with E-state index in [9.17, 15) is 4.79 Å². The first kappa shape index (κ1) is 9.07. The molecular formula is C10H10OS. The molecule has 2 heteroatoms. The number of carbonyl (C=O) groups is 1. The number of hydrogen-bond donors (Lipinski definition) is 1. The van der Waals surface area contributed by atoms with Gasteiger partial charge in [-0.1, -0.05) is 36.9 Å². The van der Waals surface area contributed by atoms with Gasteiger partial charge in [-0.15, -0.1) is 12.6 Å². The summed E-state index contributed by atoms with van der Waals surface area (Å²) in [6.07, 6.45) is 0.586. The molecule has 0 saturated heterocycles. The molecule has 0 saturated carbocycles. The molecule has 0 aromatic heterocycles. The number of carbonyl (C=O) groups excluding carboxylic acids is 1. The van der Waals surface area contributed by atoms with Crippen LogP contribution in [0.5, 0.6) is 0 Å². The van der Waals surface area contributed by atoms with Crippen LogP contribution in [0, 0.1) is 0 Å². The van der Waals surface area contributed by atoms with Crippen LogP contribution in [0.15, 0.2) is 42.5 Å². The lowest BCUT2D eigenvalue weighted by molar-refractivity contribution is -0.107. The van der Waals surface area contributed by atoms with Crippen LogP contribution in [0.2, 0.25) is 0 Å². The maximum atomic E-state index is 10.7. The lowest BCUT2D eigenvalue weighted by atomic mass is 10.1. The average molecular weight is 178 g/mol. The Morgan fingerprint density at radius 1 is 1.33 bits per heavy atom. The fourth-order valence-corrected chi connectivity index (χ4v) is 0.997. The van der Waals surface area contributed by atoms with Gasteiger partial charge < -0.3 is 0 Å². The fourth-order valence-electron chi connectivity index (χ4n) is 0.918. The number of hydrogen-bond acceptors (Lipinski definition) is 1. The van der Waals surface area contributed by atoms with E-state index < -0.39 is 0 Å². The Morgan fingerprint density at radius 3 is 2.42 bits per heavy atom. The SMILES string of the molecule is C=C(Cc1ccccc1)C(=O)S. The molecule has 0 fully saturated rings. The van der Waals surface area contributed by atoms with E-state index in [1.165, 1.54) is 0 Å². The quantitative estimate of drug-likeness (QED) is 0.555. The van der Waals surface area contributed by atoms with E-state index in [1.54, 1.807) is 0 Å². The van der Waals surface area contributed by atoms with Crippen molar-refractivity contribution in [2.45, 2.75) is 6.42 Å². The summed E-state index contributed by atoms with van der Waals surface area (Å²) in [5.74, 6) is 0. The third-order valence-corrected chi connectivity index (χ3v) is 1.88. The summed E-state index contributed by atoms with van der Waals surface area (Å²) < 4.78 is 0. The topological polar surface area (TPSA) is 17.1 Å². The molecule has 0 amide bonds. The van der Waals surface area contributed by atoms with Crippen LogP contribution >= 0.6 is 12.6 Å². The predicted molar refractivity (Wildman–Crippen MR) is 53.3 cm³/mol. The highest BCUT2D eigenvalue weighted by Crippen LogP contribution is 2.07. The van der Waals surface area contributed by atoms with Gasteiger partial charge in [0.25, 0.3) is 0 Å². The third-order valence-electron chi connectivity index (χ3n) is 1.56. The van der Waals surface area contributed by atoms with E-state index >= 15 is 0 Å². The van der Waals surface area contributed by atoms with Crippen molar-refractivity contribution in [3.63, 3.8) is 0 Å². The van der Waals surface area contributed by atoms with Gasteiger partial charge in [0.05, 0.1) is 0 Å². The van der Waals surface area contributed by atoms with E-state index in [2.05, 4.69) is 19.2 Å². The second-order valence-electron chi connectivity index (χ2n) is 2.57. The van der Waals surface area contributed by atoms with E-state index in [0.717, 1.165) is 5.56 Å². The molecular weight excluding hydrogens is 168 g/mol. The Balaban J connectivity index is 2.65. The molecule has 0 aliphatic heterocycles. The molecule has 0 unspecified atom stereocenters. The summed E-state index contributed by atoms with van der Waals surface area (Å²) in [5, 5.41) is -0.237. The highest BCUT2D eigenvalue weighted by atomic mass is 32.1. The molecule has 0 aliphatic rings. The lowest BCUT2D eigenvalue weighted by Gasteiger charge is -1.99. The van der Waals surface area contributed by atoms with Gasteiger partial charge >= 0.3 is 0 Å². The first-order chi connectivity index (χ1) is 5.70. The molecule has 0 radical (unpaired) electrons. The molecule has 0 N–H and O–H groups in total. The van der Waals surface area contributed by atoms with Crippen molar-refractivity contribution in [1.29, 1.82) is 0 Å². The van der Waals surface area contributed by atoms with E-state index in [-0.39, 0.29) is 5.12 Å². The number of thiol groups is 1. The monoisotopic (exact) mass is 178 g/mol. The zero-order chi connectivity index (χ0) is 8.97. The molecule has 0 atom stereocenters. The minimum atomic E-state index is -0.237. The van der Waals surface area contributed by atoms with Crippen molar-refractivity contribution >= 4 is 17.7 Å². The molecule has 1 aromatic rings. The first-order valence-electron chi connectivity index (χ1n) is 3.65. The predicted octanol–water partition coefficient (Wildman–Crippen LogP) is 2.24. The van der Waals surface area contributed by atoms with Crippen molar-refractivity contribution in [2.75, 3.05) is 0 Å². The van der Waals surface area contributed by atoms with Crippen molar-refractivity contribution in [3.8, 4) is 0 Å². The normalized spacial score (nSPS) is 9.42. The maximum absolute atomic E-state index is 10.7. The Labute approximate surface area is 77.5 Å². The van der Waals surface area contributed by atoms with Crippen LogP contribution in [0.3, 0.4) is 0 Å². The zero-order valence-corrected chi connectivity index (χ0v) is 7.55. The zero-order valence-electron chi connectivity index (χ0n) is 6.66. The van der Waals surface area contributed by atoms with Gasteiger partial charge in [-0.3, -0.25) is 4.79 Å².